The van der Waals surface area contributed by atoms with E-state index in [0.29, 0.717) is 32.1 Å². The highest BCUT2D eigenvalue weighted by Gasteiger charge is 2.25. The highest BCUT2D eigenvalue weighted by Crippen LogP contribution is 2.21. The molecule has 19 heavy (non-hydrogen) atoms. The van der Waals surface area contributed by atoms with Crippen LogP contribution in [0.2, 0.25) is 0 Å². The van der Waals surface area contributed by atoms with Crippen molar-refractivity contribution in [2.75, 3.05) is 38.7 Å². The minimum Gasteiger partial charge on any atom is -0.368 e. The van der Waals surface area contributed by atoms with Crippen LogP contribution in [-0.2, 0) is 9.53 Å². The summed E-state index contributed by atoms with van der Waals surface area (Å²) in [6.45, 7) is 3.66. The van der Waals surface area contributed by atoms with Crippen molar-refractivity contribution in [2.45, 2.75) is 19.4 Å². The molecule has 0 N–H and O–H groups in total. The van der Waals surface area contributed by atoms with Crippen LogP contribution in [0.25, 0.3) is 0 Å². The van der Waals surface area contributed by atoms with Gasteiger partial charge >= 0.3 is 0 Å². The lowest BCUT2D eigenvalue weighted by Gasteiger charge is -2.32. The smallest absolute Gasteiger partial charge is 0.225 e. The third-order valence-corrected chi connectivity index (χ3v) is 3.12. The second kappa shape index (κ2) is 5.97. The molecule has 0 radical (unpaired) electrons. The summed E-state index contributed by atoms with van der Waals surface area (Å²) in [6, 6.07) is 1.84. The molecule has 1 aliphatic rings. The van der Waals surface area contributed by atoms with Gasteiger partial charge in [0.25, 0.3) is 0 Å². The maximum Gasteiger partial charge on any atom is 0.225 e. The van der Waals surface area contributed by atoms with Crippen molar-refractivity contribution in [1.82, 2.24) is 14.9 Å². The van der Waals surface area contributed by atoms with Crippen molar-refractivity contribution >= 4 is 11.9 Å². The van der Waals surface area contributed by atoms with Gasteiger partial charge in [-0.2, -0.15) is 0 Å². The molecule has 1 fully saturated rings. The quantitative estimate of drug-likeness (QED) is 0.810. The van der Waals surface area contributed by atoms with Gasteiger partial charge in [-0.3, -0.25) is 4.79 Å². The normalized spacial score (nSPS) is 19.3. The van der Waals surface area contributed by atoms with Gasteiger partial charge in [-0.25, -0.2) is 9.97 Å². The molecular formula is C13H20N4O2. The van der Waals surface area contributed by atoms with Crippen LogP contribution >= 0.6 is 0 Å². The summed E-state index contributed by atoms with van der Waals surface area (Å²) in [4.78, 5) is 24.1. The van der Waals surface area contributed by atoms with E-state index in [1.807, 2.05) is 36.9 Å². The second-order valence-corrected chi connectivity index (χ2v) is 4.73. The van der Waals surface area contributed by atoms with Crippen molar-refractivity contribution in [1.29, 1.82) is 0 Å². The van der Waals surface area contributed by atoms with Gasteiger partial charge in [-0.05, 0) is 6.07 Å². The van der Waals surface area contributed by atoms with Crippen LogP contribution in [0.5, 0.6) is 0 Å². The fourth-order valence-electron chi connectivity index (χ4n) is 2.04. The number of rotatable bonds is 3. The lowest BCUT2D eigenvalue weighted by atomic mass is 10.2. The first-order chi connectivity index (χ1) is 9.11. The number of morpholine rings is 1. The number of anilines is 1. The molecule has 1 atom stereocenters. The molecular weight excluding hydrogens is 244 g/mol. The standard InChI is InChI=1S/C13H20N4O2/c1-4-12(18)17-7-8-19-11(9-17)10-5-6-14-13(15-10)16(2)3/h5-6,11H,4,7-9H2,1-3H3/t11-/m0/s1. The topological polar surface area (TPSA) is 58.6 Å². The van der Waals surface area contributed by atoms with Gasteiger partial charge in [0.1, 0.15) is 6.10 Å². The Bertz CT molecular complexity index is 450. The number of hydrogen-bond acceptors (Lipinski definition) is 5. The first-order valence-corrected chi connectivity index (χ1v) is 6.51. The van der Waals surface area contributed by atoms with E-state index < -0.39 is 0 Å². The van der Waals surface area contributed by atoms with Gasteiger partial charge in [0.15, 0.2) is 0 Å². The minimum absolute atomic E-state index is 0.161. The van der Waals surface area contributed by atoms with Crippen LogP contribution < -0.4 is 4.90 Å². The Morgan fingerprint density at radius 1 is 1.58 bits per heavy atom. The van der Waals surface area contributed by atoms with E-state index in [9.17, 15) is 4.79 Å². The Morgan fingerprint density at radius 2 is 2.37 bits per heavy atom. The predicted molar refractivity (Wildman–Crippen MR) is 71.9 cm³/mol. The molecule has 0 unspecified atom stereocenters. The molecule has 104 valence electrons. The third kappa shape index (κ3) is 3.20. The Morgan fingerprint density at radius 3 is 3.05 bits per heavy atom. The van der Waals surface area contributed by atoms with E-state index in [4.69, 9.17) is 4.74 Å². The molecule has 2 rings (SSSR count). The molecule has 0 bridgehead atoms. The van der Waals surface area contributed by atoms with E-state index in [1.165, 1.54) is 0 Å². The number of amides is 1. The molecule has 1 aliphatic heterocycles. The molecule has 1 aromatic rings. The first kappa shape index (κ1) is 13.7. The van der Waals surface area contributed by atoms with E-state index in [0.717, 1.165) is 5.69 Å². The molecule has 1 aromatic heterocycles. The summed E-state index contributed by atoms with van der Waals surface area (Å²) < 4.78 is 5.72. The summed E-state index contributed by atoms with van der Waals surface area (Å²) in [5, 5.41) is 0. The summed E-state index contributed by atoms with van der Waals surface area (Å²) in [5.74, 6) is 0.815. The van der Waals surface area contributed by atoms with Crippen LogP contribution in [0, 0.1) is 0 Å². The first-order valence-electron chi connectivity index (χ1n) is 6.51. The number of aromatic nitrogens is 2. The maximum atomic E-state index is 11.7. The Hall–Kier alpha value is -1.69. The molecule has 6 heteroatoms. The van der Waals surface area contributed by atoms with Crippen molar-refractivity contribution in [3.63, 3.8) is 0 Å². The molecule has 2 heterocycles. The number of nitrogens with zero attached hydrogens (tertiary/aromatic N) is 4. The predicted octanol–water partition coefficient (Wildman–Crippen LogP) is 0.852. The zero-order chi connectivity index (χ0) is 13.8. The van der Waals surface area contributed by atoms with Gasteiger partial charge in [0.05, 0.1) is 18.8 Å². The zero-order valence-corrected chi connectivity index (χ0v) is 11.7. The van der Waals surface area contributed by atoms with E-state index in [2.05, 4.69) is 9.97 Å². The highest BCUT2D eigenvalue weighted by atomic mass is 16.5. The lowest BCUT2D eigenvalue weighted by Crippen LogP contribution is -2.42. The van der Waals surface area contributed by atoms with Gasteiger partial charge in [0, 0.05) is 33.3 Å². The summed E-state index contributed by atoms with van der Waals surface area (Å²) in [5.41, 5.74) is 0.826. The maximum absolute atomic E-state index is 11.7. The lowest BCUT2D eigenvalue weighted by molar-refractivity contribution is -0.138. The fourth-order valence-corrected chi connectivity index (χ4v) is 2.04. The number of hydrogen-bond donors (Lipinski definition) is 0. The average Bonchev–Trinajstić information content (AvgIpc) is 2.46. The number of ether oxygens (including phenoxy) is 1. The molecule has 0 saturated carbocycles. The average molecular weight is 264 g/mol. The van der Waals surface area contributed by atoms with E-state index in [1.54, 1.807) is 6.20 Å². The van der Waals surface area contributed by atoms with Gasteiger partial charge in [0.2, 0.25) is 11.9 Å². The Balaban J connectivity index is 2.13. The van der Waals surface area contributed by atoms with Crippen LogP contribution in [0.3, 0.4) is 0 Å². The van der Waals surface area contributed by atoms with Crippen molar-refractivity contribution in [3.8, 4) is 0 Å². The van der Waals surface area contributed by atoms with Gasteiger partial charge in [-0.1, -0.05) is 6.92 Å². The third-order valence-electron chi connectivity index (χ3n) is 3.12. The monoisotopic (exact) mass is 264 g/mol. The molecule has 6 nitrogen and oxygen atoms in total. The molecule has 0 aromatic carbocycles. The fraction of sp³-hybridized carbons (Fsp3) is 0.615. The Kier molecular flexibility index (Phi) is 4.31. The summed E-state index contributed by atoms with van der Waals surface area (Å²) in [7, 11) is 3.79. The Labute approximate surface area is 113 Å². The van der Waals surface area contributed by atoms with Gasteiger partial charge in [-0.15, -0.1) is 0 Å². The molecule has 1 saturated heterocycles. The minimum atomic E-state index is -0.161. The molecule has 1 amide bonds. The summed E-state index contributed by atoms with van der Waals surface area (Å²) >= 11 is 0. The zero-order valence-electron chi connectivity index (χ0n) is 11.7. The van der Waals surface area contributed by atoms with Crippen LogP contribution in [0.4, 0.5) is 5.95 Å². The van der Waals surface area contributed by atoms with Crippen molar-refractivity contribution in [2.24, 2.45) is 0 Å². The number of carbonyl (C=O) groups is 1. The van der Waals surface area contributed by atoms with Gasteiger partial charge < -0.3 is 14.5 Å². The van der Waals surface area contributed by atoms with E-state index in [-0.39, 0.29) is 12.0 Å². The van der Waals surface area contributed by atoms with Crippen molar-refractivity contribution in [3.05, 3.63) is 18.0 Å². The highest BCUT2D eigenvalue weighted by molar-refractivity contribution is 5.75. The van der Waals surface area contributed by atoms with Crippen LogP contribution in [0.1, 0.15) is 25.1 Å². The molecule has 0 aliphatic carbocycles. The summed E-state index contributed by atoms with van der Waals surface area (Å²) in [6.07, 6.45) is 2.09. The largest absolute Gasteiger partial charge is 0.368 e. The number of carbonyl (C=O) groups excluding carboxylic acids is 1. The molecule has 0 spiro atoms. The SMILES string of the molecule is CCC(=O)N1CCO[C@H](c2ccnc(N(C)C)n2)C1. The second-order valence-electron chi connectivity index (χ2n) is 4.73. The van der Waals surface area contributed by atoms with Crippen LogP contribution in [-0.4, -0.2) is 54.6 Å². The van der Waals surface area contributed by atoms with Crippen LogP contribution in [0.15, 0.2) is 12.3 Å². The van der Waals surface area contributed by atoms with E-state index >= 15 is 0 Å². The van der Waals surface area contributed by atoms with Crippen molar-refractivity contribution < 1.29 is 9.53 Å².